The normalized spacial score (nSPS) is 14.1. The van der Waals surface area contributed by atoms with Crippen molar-refractivity contribution in [3.05, 3.63) is 87.6 Å². The molecule has 11 heteroatoms. The molecule has 0 aliphatic rings. The van der Waals surface area contributed by atoms with E-state index in [0.29, 0.717) is 11.1 Å². The van der Waals surface area contributed by atoms with Crippen LogP contribution in [-0.2, 0) is 20.4 Å². The first kappa shape index (κ1) is 22.0. The van der Waals surface area contributed by atoms with Gasteiger partial charge in [0.05, 0.1) is 17.8 Å². The van der Waals surface area contributed by atoms with Gasteiger partial charge in [0.15, 0.2) is 17.7 Å². The van der Waals surface area contributed by atoms with E-state index >= 15 is 0 Å². The minimum Gasteiger partial charge on any atom is -0.504 e. The van der Waals surface area contributed by atoms with Gasteiger partial charge in [-0.15, -0.1) is 0 Å². The Bertz CT molecular complexity index is 1120. The maximum atomic E-state index is 12.1. The topological polar surface area (TPSA) is 120 Å². The summed E-state index contributed by atoms with van der Waals surface area (Å²) >= 11 is 5.91. The zero-order chi connectivity index (χ0) is 21.7. The van der Waals surface area contributed by atoms with Gasteiger partial charge in [0, 0.05) is 18.9 Å². The summed E-state index contributed by atoms with van der Waals surface area (Å²) in [6.45, 7) is -0.224. The van der Waals surface area contributed by atoms with Gasteiger partial charge in [-0.05, 0) is 17.7 Å². The summed E-state index contributed by atoms with van der Waals surface area (Å²) in [5.41, 5.74) is 0.673. The molecule has 30 heavy (non-hydrogen) atoms. The van der Waals surface area contributed by atoms with Crippen LogP contribution in [0, 0.1) is 0 Å². The third kappa shape index (κ3) is 5.47. The Hall–Kier alpha value is -2.68. The molecule has 0 aliphatic heterocycles. The van der Waals surface area contributed by atoms with Crippen LogP contribution in [0.4, 0.5) is 0 Å². The first-order valence-corrected chi connectivity index (χ1v) is 10.5. The summed E-state index contributed by atoms with van der Waals surface area (Å²) in [6.07, 6.45) is 1.91. The van der Waals surface area contributed by atoms with Crippen LogP contribution in [-0.4, -0.2) is 26.7 Å². The van der Waals surface area contributed by atoms with Crippen molar-refractivity contribution in [2.75, 3.05) is 7.11 Å². The number of rotatable bonds is 8. The molecule has 1 heterocycles. The van der Waals surface area contributed by atoms with Crippen molar-refractivity contribution in [2.24, 2.45) is 0 Å². The zero-order valence-electron chi connectivity index (χ0n) is 15.7. The third-order valence-corrected chi connectivity index (χ3v) is 5.07. The largest absolute Gasteiger partial charge is 0.527 e. The summed E-state index contributed by atoms with van der Waals surface area (Å²) in [5, 5.41) is 9.92. The van der Waals surface area contributed by atoms with Crippen molar-refractivity contribution in [3.8, 4) is 11.5 Å². The highest BCUT2D eigenvalue weighted by atomic mass is 35.5. The molecule has 2 aromatic carbocycles. The van der Waals surface area contributed by atoms with E-state index in [1.54, 1.807) is 36.4 Å². The number of phosphoric ester groups is 1. The Morgan fingerprint density at radius 2 is 1.90 bits per heavy atom. The number of nitrogens with zero attached hydrogens (tertiary/aromatic N) is 2. The fourth-order valence-corrected chi connectivity index (χ4v) is 3.52. The molecule has 0 saturated heterocycles. The molecule has 3 aromatic rings. The van der Waals surface area contributed by atoms with E-state index in [9.17, 15) is 19.4 Å². The number of benzene rings is 2. The summed E-state index contributed by atoms with van der Waals surface area (Å²) in [4.78, 5) is 25.5. The number of aromatic nitrogens is 2. The van der Waals surface area contributed by atoms with Crippen molar-refractivity contribution >= 4 is 19.4 Å². The molecule has 0 radical (unpaired) electrons. The summed E-state index contributed by atoms with van der Waals surface area (Å²) < 4.78 is 28.6. The number of phenolic OH excluding ortho intramolecular Hbond substituents is 1. The van der Waals surface area contributed by atoms with Crippen LogP contribution in [0.1, 0.15) is 17.4 Å². The van der Waals surface area contributed by atoms with Gasteiger partial charge in [0.2, 0.25) is 0 Å². The lowest BCUT2D eigenvalue weighted by Gasteiger charge is -2.19. The predicted octanol–water partition coefficient (Wildman–Crippen LogP) is 3.49. The number of halogens is 1. The van der Waals surface area contributed by atoms with E-state index in [1.165, 1.54) is 36.2 Å². The lowest BCUT2D eigenvalue weighted by molar-refractivity contribution is 0.0743. The highest BCUT2D eigenvalue weighted by molar-refractivity contribution is 7.47. The smallest absolute Gasteiger partial charge is 0.504 e. The Morgan fingerprint density at radius 3 is 2.57 bits per heavy atom. The second kappa shape index (κ2) is 9.42. The molecular formula is C19H18ClN2O7P. The summed E-state index contributed by atoms with van der Waals surface area (Å²) in [6, 6.07) is 12.4. The molecular weight excluding hydrogens is 435 g/mol. The Balaban J connectivity index is 1.69. The lowest BCUT2D eigenvalue weighted by atomic mass is 10.1. The second-order valence-electron chi connectivity index (χ2n) is 6.09. The molecule has 0 aliphatic carbocycles. The first-order valence-electron chi connectivity index (χ1n) is 8.59. The zero-order valence-corrected chi connectivity index (χ0v) is 17.4. The Labute approximate surface area is 176 Å². The molecule has 158 valence electrons. The summed E-state index contributed by atoms with van der Waals surface area (Å²) in [7, 11) is -3.02. The molecule has 0 saturated carbocycles. The number of para-hydroxylation sites is 2. The third-order valence-electron chi connectivity index (χ3n) is 4.00. The molecule has 3 rings (SSSR count). The SMILES string of the molecule is COC(c1ccc(COP(=O)(O)Oc2ccccc2O)cc1)n1cc(Cl)cnc1=O. The van der Waals surface area contributed by atoms with Crippen LogP contribution in [0.5, 0.6) is 11.5 Å². The highest BCUT2D eigenvalue weighted by Gasteiger charge is 2.24. The van der Waals surface area contributed by atoms with E-state index in [0.717, 1.165) is 0 Å². The van der Waals surface area contributed by atoms with Crippen LogP contribution < -0.4 is 10.2 Å². The Morgan fingerprint density at radius 1 is 1.20 bits per heavy atom. The molecule has 9 nitrogen and oxygen atoms in total. The Kier molecular flexibility index (Phi) is 6.91. The van der Waals surface area contributed by atoms with Gasteiger partial charge in [0.1, 0.15) is 0 Å². The number of phosphoric acid groups is 1. The monoisotopic (exact) mass is 452 g/mol. The molecule has 0 amide bonds. The molecule has 0 fully saturated rings. The van der Waals surface area contributed by atoms with Crippen molar-refractivity contribution in [2.45, 2.75) is 12.8 Å². The maximum Gasteiger partial charge on any atom is 0.527 e. The number of aromatic hydroxyl groups is 1. The van der Waals surface area contributed by atoms with Gasteiger partial charge in [-0.25, -0.2) is 9.36 Å². The maximum absolute atomic E-state index is 12.1. The minimum absolute atomic E-state index is 0.165. The molecule has 0 bridgehead atoms. The molecule has 1 aromatic heterocycles. The van der Waals surface area contributed by atoms with Crippen LogP contribution in [0.25, 0.3) is 0 Å². The van der Waals surface area contributed by atoms with Crippen molar-refractivity contribution in [3.63, 3.8) is 0 Å². The van der Waals surface area contributed by atoms with Crippen LogP contribution >= 0.6 is 19.4 Å². The van der Waals surface area contributed by atoms with Crippen molar-refractivity contribution in [1.82, 2.24) is 9.55 Å². The van der Waals surface area contributed by atoms with Gasteiger partial charge < -0.3 is 14.4 Å². The van der Waals surface area contributed by atoms with E-state index in [4.69, 9.17) is 25.4 Å². The first-order chi connectivity index (χ1) is 14.3. The van der Waals surface area contributed by atoms with E-state index < -0.39 is 19.7 Å². The quantitative estimate of drug-likeness (QED) is 0.498. The van der Waals surface area contributed by atoms with Gasteiger partial charge in [0.25, 0.3) is 0 Å². The van der Waals surface area contributed by atoms with Crippen LogP contribution in [0.15, 0.2) is 65.7 Å². The predicted molar refractivity (Wildman–Crippen MR) is 108 cm³/mol. The number of hydrogen-bond acceptors (Lipinski definition) is 7. The van der Waals surface area contributed by atoms with Crippen LogP contribution in [0.2, 0.25) is 5.02 Å². The van der Waals surface area contributed by atoms with Crippen molar-refractivity contribution in [1.29, 1.82) is 0 Å². The number of phenols is 1. The lowest BCUT2D eigenvalue weighted by Crippen LogP contribution is -2.28. The molecule has 0 spiro atoms. The summed E-state index contributed by atoms with van der Waals surface area (Å²) in [5.74, 6) is -0.446. The number of ether oxygens (including phenoxy) is 1. The van der Waals surface area contributed by atoms with E-state index in [2.05, 4.69) is 4.98 Å². The van der Waals surface area contributed by atoms with Gasteiger partial charge >= 0.3 is 13.5 Å². The molecule has 2 unspecified atom stereocenters. The van der Waals surface area contributed by atoms with Gasteiger partial charge in [-0.1, -0.05) is 48.0 Å². The molecule has 2 atom stereocenters. The van der Waals surface area contributed by atoms with E-state index in [-0.39, 0.29) is 23.1 Å². The van der Waals surface area contributed by atoms with Crippen molar-refractivity contribution < 1.29 is 28.3 Å². The average Bonchev–Trinajstić information content (AvgIpc) is 2.72. The fourth-order valence-electron chi connectivity index (χ4n) is 2.60. The fraction of sp³-hybridized carbons (Fsp3) is 0.158. The number of hydrogen-bond donors (Lipinski definition) is 2. The standard InChI is InChI=1S/C19H18ClN2O7P/c1-27-18(22-11-15(20)10-21-19(22)24)14-8-6-13(7-9-14)12-28-30(25,26)29-17-5-3-2-4-16(17)23/h2-11,18,23H,12H2,1H3,(H,25,26). The van der Waals surface area contributed by atoms with E-state index in [1.807, 2.05) is 0 Å². The minimum atomic E-state index is -4.46. The van der Waals surface area contributed by atoms with Gasteiger partial charge in [-0.3, -0.25) is 14.0 Å². The highest BCUT2D eigenvalue weighted by Crippen LogP contribution is 2.46. The average molecular weight is 453 g/mol. The van der Waals surface area contributed by atoms with Gasteiger partial charge in [-0.2, -0.15) is 4.98 Å². The number of methoxy groups -OCH3 is 1. The molecule has 2 N–H and O–H groups in total. The second-order valence-corrected chi connectivity index (χ2v) is 7.91. The van der Waals surface area contributed by atoms with Crippen LogP contribution in [0.3, 0.4) is 0 Å².